The molecule has 0 heterocycles. The number of nitrogens with two attached hydrogens (primary N) is 1. The van der Waals surface area contributed by atoms with E-state index < -0.39 is 10.0 Å². The van der Waals surface area contributed by atoms with Crippen LogP contribution in [0.15, 0.2) is 88.9 Å². The Morgan fingerprint density at radius 3 is 2.00 bits per heavy atom. The molecule has 0 amide bonds. The fourth-order valence-corrected chi connectivity index (χ4v) is 2.98. The Labute approximate surface area is 157 Å². The monoisotopic (exact) mass is 385 g/mol. The number of anilines is 1. The van der Waals surface area contributed by atoms with Crippen molar-refractivity contribution in [2.45, 2.75) is 4.90 Å². The summed E-state index contributed by atoms with van der Waals surface area (Å²) in [7, 11) is -3.72. The molecule has 0 aliphatic rings. The van der Waals surface area contributed by atoms with Crippen molar-refractivity contribution >= 4 is 33.0 Å². The predicted molar refractivity (Wildman–Crippen MR) is 105 cm³/mol. The Morgan fingerprint density at radius 1 is 0.846 bits per heavy atom. The number of rotatable bonds is 5. The van der Waals surface area contributed by atoms with E-state index in [0.717, 1.165) is 16.8 Å². The normalized spacial score (nSPS) is 12.0. The molecule has 0 aliphatic heterocycles. The zero-order valence-corrected chi connectivity index (χ0v) is 15.2. The molecule has 0 spiro atoms. The maximum atomic E-state index is 11.3. The highest BCUT2D eigenvalue weighted by molar-refractivity contribution is 7.89. The molecule has 0 bridgehead atoms. The lowest BCUT2D eigenvalue weighted by Crippen LogP contribution is -2.12. The molecule has 0 saturated carbocycles. The van der Waals surface area contributed by atoms with Crippen LogP contribution >= 0.6 is 11.6 Å². The standard InChI is InChI=1S/C19H16ClN3O2S/c20-16-8-6-15(7-9-16)19(14-4-2-1-3-5-14)23-22-17-10-12-18(13-11-17)26(21,24)25/h1-13,22H,(H2,21,24,25)/b23-19+. The molecule has 7 heteroatoms. The Balaban J connectivity index is 1.93. The third kappa shape index (κ3) is 4.49. The summed E-state index contributed by atoms with van der Waals surface area (Å²) in [5, 5.41) is 10.3. The SMILES string of the molecule is NS(=O)(=O)c1ccc(N/N=C(\c2ccccc2)c2ccc(Cl)cc2)cc1. The van der Waals surface area contributed by atoms with Gasteiger partial charge in [-0.1, -0.05) is 54.1 Å². The molecule has 0 unspecified atom stereocenters. The molecule has 3 rings (SSSR count). The second kappa shape index (κ2) is 7.70. The van der Waals surface area contributed by atoms with Gasteiger partial charge in [0.15, 0.2) is 0 Å². The molecule has 3 aromatic rings. The zero-order valence-electron chi connectivity index (χ0n) is 13.6. The largest absolute Gasteiger partial charge is 0.278 e. The third-order valence-corrected chi connectivity index (χ3v) is 4.83. The van der Waals surface area contributed by atoms with E-state index in [2.05, 4.69) is 10.5 Å². The van der Waals surface area contributed by atoms with E-state index in [0.29, 0.717) is 10.7 Å². The molecular weight excluding hydrogens is 370 g/mol. The zero-order chi connectivity index (χ0) is 18.6. The molecule has 5 nitrogen and oxygen atoms in total. The van der Waals surface area contributed by atoms with E-state index >= 15 is 0 Å². The van der Waals surface area contributed by atoms with Crippen molar-refractivity contribution in [1.82, 2.24) is 0 Å². The second-order valence-electron chi connectivity index (χ2n) is 5.51. The van der Waals surface area contributed by atoms with Gasteiger partial charge in [-0.2, -0.15) is 5.10 Å². The van der Waals surface area contributed by atoms with Crippen molar-refractivity contribution in [2.75, 3.05) is 5.43 Å². The lowest BCUT2D eigenvalue weighted by molar-refractivity contribution is 0.598. The Kier molecular flexibility index (Phi) is 5.37. The number of benzene rings is 3. The third-order valence-electron chi connectivity index (χ3n) is 3.64. The molecule has 26 heavy (non-hydrogen) atoms. The van der Waals surface area contributed by atoms with Gasteiger partial charge < -0.3 is 0 Å². The second-order valence-corrected chi connectivity index (χ2v) is 7.51. The summed E-state index contributed by atoms with van der Waals surface area (Å²) in [6.07, 6.45) is 0. The topological polar surface area (TPSA) is 84.5 Å². The quantitative estimate of drug-likeness (QED) is 0.516. The van der Waals surface area contributed by atoms with Gasteiger partial charge in [-0.3, -0.25) is 5.43 Å². The minimum atomic E-state index is -3.72. The van der Waals surface area contributed by atoms with Gasteiger partial charge in [0, 0.05) is 16.1 Å². The number of hydrogen-bond donors (Lipinski definition) is 2. The van der Waals surface area contributed by atoms with Crippen LogP contribution in [-0.2, 0) is 10.0 Å². The molecule has 0 fully saturated rings. The van der Waals surface area contributed by atoms with Gasteiger partial charge in [0.25, 0.3) is 0 Å². The van der Waals surface area contributed by atoms with Crippen LogP contribution in [0.3, 0.4) is 0 Å². The molecule has 0 aromatic heterocycles. The van der Waals surface area contributed by atoms with E-state index in [-0.39, 0.29) is 4.90 Å². The van der Waals surface area contributed by atoms with E-state index in [9.17, 15) is 8.42 Å². The summed E-state index contributed by atoms with van der Waals surface area (Å²) in [5.74, 6) is 0. The lowest BCUT2D eigenvalue weighted by Gasteiger charge is -2.09. The van der Waals surface area contributed by atoms with Crippen LogP contribution < -0.4 is 10.6 Å². The number of hydrogen-bond acceptors (Lipinski definition) is 4. The molecule has 132 valence electrons. The Hall–Kier alpha value is -2.67. The minimum absolute atomic E-state index is 0.0491. The van der Waals surface area contributed by atoms with Gasteiger partial charge in [0.05, 0.1) is 16.3 Å². The maximum Gasteiger partial charge on any atom is 0.238 e. The van der Waals surface area contributed by atoms with Crippen LogP contribution in [0.2, 0.25) is 5.02 Å². The van der Waals surface area contributed by atoms with Gasteiger partial charge in [-0.25, -0.2) is 13.6 Å². The molecule has 0 radical (unpaired) electrons. The van der Waals surface area contributed by atoms with E-state index in [1.165, 1.54) is 12.1 Å². The number of halogens is 1. The van der Waals surface area contributed by atoms with E-state index in [1.807, 2.05) is 42.5 Å². The first kappa shape index (κ1) is 18.1. The van der Waals surface area contributed by atoms with Crippen molar-refractivity contribution in [3.05, 3.63) is 95.0 Å². The summed E-state index contributed by atoms with van der Waals surface area (Å²) in [6, 6.07) is 23.2. The molecule has 0 saturated heterocycles. The highest BCUT2D eigenvalue weighted by Gasteiger charge is 2.08. The highest BCUT2D eigenvalue weighted by atomic mass is 35.5. The van der Waals surface area contributed by atoms with Crippen molar-refractivity contribution in [1.29, 1.82) is 0 Å². The first-order valence-corrected chi connectivity index (χ1v) is 9.64. The molecule has 0 aliphatic carbocycles. The number of sulfonamides is 1. The van der Waals surface area contributed by atoms with Crippen LogP contribution in [0.5, 0.6) is 0 Å². The number of nitrogens with zero attached hydrogens (tertiary/aromatic N) is 1. The molecular formula is C19H16ClN3O2S. The fraction of sp³-hybridized carbons (Fsp3) is 0. The summed E-state index contributed by atoms with van der Waals surface area (Å²) in [6.45, 7) is 0. The predicted octanol–water partition coefficient (Wildman–Crippen LogP) is 3.85. The molecule has 3 aromatic carbocycles. The smallest absolute Gasteiger partial charge is 0.238 e. The summed E-state index contributed by atoms with van der Waals surface area (Å²) < 4.78 is 22.7. The van der Waals surface area contributed by atoms with Crippen LogP contribution in [0.25, 0.3) is 0 Å². The van der Waals surface area contributed by atoms with Crippen molar-refractivity contribution < 1.29 is 8.42 Å². The van der Waals surface area contributed by atoms with Crippen molar-refractivity contribution in [3.63, 3.8) is 0 Å². The van der Waals surface area contributed by atoms with Crippen molar-refractivity contribution in [2.24, 2.45) is 10.2 Å². The summed E-state index contributed by atoms with van der Waals surface area (Å²) >= 11 is 5.97. The lowest BCUT2D eigenvalue weighted by atomic mass is 10.0. The highest BCUT2D eigenvalue weighted by Crippen LogP contribution is 2.17. The minimum Gasteiger partial charge on any atom is -0.278 e. The van der Waals surface area contributed by atoms with Gasteiger partial charge in [-0.15, -0.1) is 0 Å². The average molecular weight is 386 g/mol. The maximum absolute atomic E-state index is 11.3. The van der Waals surface area contributed by atoms with Crippen LogP contribution in [0.4, 0.5) is 5.69 Å². The molecule has 0 atom stereocenters. The van der Waals surface area contributed by atoms with E-state index in [1.54, 1.807) is 24.3 Å². The Morgan fingerprint density at radius 2 is 1.42 bits per heavy atom. The number of primary sulfonamides is 1. The Bertz CT molecular complexity index is 1020. The summed E-state index contributed by atoms with van der Waals surface area (Å²) in [4.78, 5) is 0.0491. The molecule has 3 N–H and O–H groups in total. The number of nitrogens with one attached hydrogen (secondary N) is 1. The van der Waals surface area contributed by atoms with Crippen LogP contribution in [-0.4, -0.2) is 14.1 Å². The van der Waals surface area contributed by atoms with Crippen LogP contribution in [0, 0.1) is 0 Å². The van der Waals surface area contributed by atoms with Gasteiger partial charge in [-0.05, 0) is 36.4 Å². The van der Waals surface area contributed by atoms with Gasteiger partial charge in [0.2, 0.25) is 10.0 Å². The number of hydrazone groups is 1. The average Bonchev–Trinajstić information content (AvgIpc) is 2.64. The first-order chi connectivity index (χ1) is 12.4. The van der Waals surface area contributed by atoms with Gasteiger partial charge in [0.1, 0.15) is 0 Å². The van der Waals surface area contributed by atoms with E-state index in [4.69, 9.17) is 16.7 Å². The summed E-state index contributed by atoms with van der Waals surface area (Å²) in [5.41, 5.74) is 6.16. The van der Waals surface area contributed by atoms with Crippen LogP contribution in [0.1, 0.15) is 11.1 Å². The first-order valence-electron chi connectivity index (χ1n) is 7.71. The van der Waals surface area contributed by atoms with Gasteiger partial charge >= 0.3 is 0 Å². The van der Waals surface area contributed by atoms with Crippen molar-refractivity contribution in [3.8, 4) is 0 Å². The fourth-order valence-electron chi connectivity index (χ4n) is 2.34.